The number of hydrogen-bond donors (Lipinski definition) is 2. The molecule has 0 aliphatic heterocycles. The fourth-order valence-corrected chi connectivity index (χ4v) is 1.24. The van der Waals surface area contributed by atoms with Crippen LogP contribution in [0.2, 0.25) is 0 Å². The third-order valence-corrected chi connectivity index (χ3v) is 2.27. The van der Waals surface area contributed by atoms with Crippen LogP contribution in [0.3, 0.4) is 0 Å². The molecule has 3 N–H and O–H groups in total. The predicted molar refractivity (Wildman–Crippen MR) is 60.9 cm³/mol. The van der Waals surface area contributed by atoms with E-state index in [9.17, 15) is 4.79 Å². The number of nitrogens with two attached hydrogens (primary N) is 1. The van der Waals surface area contributed by atoms with E-state index in [1.54, 1.807) is 19.4 Å². The maximum Gasteiger partial charge on any atom is 0.237 e. The van der Waals surface area contributed by atoms with E-state index in [4.69, 9.17) is 10.5 Å². The summed E-state index contributed by atoms with van der Waals surface area (Å²) in [5.41, 5.74) is 6.43. The molecule has 1 aromatic heterocycles. The fourth-order valence-electron chi connectivity index (χ4n) is 1.24. The number of carbonyl (C=O) groups is 1. The second-order valence-electron chi connectivity index (χ2n) is 3.40. The van der Waals surface area contributed by atoms with Crippen molar-refractivity contribution in [3.8, 4) is 5.88 Å². The van der Waals surface area contributed by atoms with Gasteiger partial charge >= 0.3 is 0 Å². The first-order chi connectivity index (χ1) is 7.69. The Bertz CT molecular complexity index is 355. The highest BCUT2D eigenvalue weighted by molar-refractivity contribution is 5.81. The zero-order chi connectivity index (χ0) is 12.0. The van der Waals surface area contributed by atoms with E-state index >= 15 is 0 Å². The van der Waals surface area contributed by atoms with E-state index in [0.29, 0.717) is 18.8 Å². The lowest BCUT2D eigenvalue weighted by Gasteiger charge is -2.11. The van der Waals surface area contributed by atoms with Gasteiger partial charge in [0.2, 0.25) is 11.8 Å². The summed E-state index contributed by atoms with van der Waals surface area (Å²) in [5.74, 6) is 0.362. The summed E-state index contributed by atoms with van der Waals surface area (Å²) in [4.78, 5) is 15.5. The molecule has 16 heavy (non-hydrogen) atoms. The van der Waals surface area contributed by atoms with Crippen molar-refractivity contribution in [3.05, 3.63) is 23.9 Å². The molecule has 5 heteroatoms. The van der Waals surface area contributed by atoms with Crippen molar-refractivity contribution in [1.29, 1.82) is 0 Å². The number of amides is 1. The van der Waals surface area contributed by atoms with Gasteiger partial charge in [-0.2, -0.15) is 0 Å². The lowest BCUT2D eigenvalue weighted by Crippen LogP contribution is -2.39. The average Bonchev–Trinajstić information content (AvgIpc) is 2.35. The molecule has 0 aliphatic rings. The third-order valence-electron chi connectivity index (χ3n) is 2.27. The molecule has 0 fully saturated rings. The SMILES string of the molecule is CC[C@H](N)C(=O)NCc1cccnc1OC. The molecule has 0 aromatic carbocycles. The second-order valence-corrected chi connectivity index (χ2v) is 3.40. The summed E-state index contributed by atoms with van der Waals surface area (Å²) in [6.45, 7) is 2.25. The normalized spacial score (nSPS) is 11.9. The number of pyridine rings is 1. The molecule has 1 heterocycles. The lowest BCUT2D eigenvalue weighted by atomic mass is 10.2. The smallest absolute Gasteiger partial charge is 0.237 e. The Labute approximate surface area is 95.0 Å². The molecule has 0 spiro atoms. The molecule has 1 rings (SSSR count). The maximum absolute atomic E-state index is 11.4. The van der Waals surface area contributed by atoms with Crippen LogP contribution in [0, 0.1) is 0 Å². The predicted octanol–water partition coefficient (Wildman–Crippen LogP) is 0.444. The average molecular weight is 223 g/mol. The van der Waals surface area contributed by atoms with Gasteiger partial charge in [0, 0.05) is 18.3 Å². The maximum atomic E-state index is 11.4. The first kappa shape index (κ1) is 12.4. The Morgan fingerprint density at radius 3 is 3.06 bits per heavy atom. The number of aromatic nitrogens is 1. The molecule has 88 valence electrons. The van der Waals surface area contributed by atoms with Gasteiger partial charge in [-0.1, -0.05) is 13.0 Å². The van der Waals surface area contributed by atoms with E-state index in [0.717, 1.165) is 5.56 Å². The zero-order valence-corrected chi connectivity index (χ0v) is 9.56. The van der Waals surface area contributed by atoms with Crippen molar-refractivity contribution in [2.24, 2.45) is 5.73 Å². The van der Waals surface area contributed by atoms with Gasteiger partial charge in [-0.3, -0.25) is 4.79 Å². The highest BCUT2D eigenvalue weighted by Gasteiger charge is 2.11. The van der Waals surface area contributed by atoms with Gasteiger partial charge in [0.15, 0.2) is 0 Å². The van der Waals surface area contributed by atoms with Gasteiger partial charge < -0.3 is 15.8 Å². The Balaban J connectivity index is 2.57. The van der Waals surface area contributed by atoms with Crippen molar-refractivity contribution >= 4 is 5.91 Å². The van der Waals surface area contributed by atoms with Crippen molar-refractivity contribution < 1.29 is 9.53 Å². The number of nitrogens with zero attached hydrogens (tertiary/aromatic N) is 1. The number of hydrogen-bond acceptors (Lipinski definition) is 4. The van der Waals surface area contributed by atoms with E-state index in [2.05, 4.69) is 10.3 Å². The first-order valence-electron chi connectivity index (χ1n) is 5.20. The van der Waals surface area contributed by atoms with Crippen LogP contribution in [0.4, 0.5) is 0 Å². The number of ether oxygens (including phenoxy) is 1. The standard InChI is InChI=1S/C11H17N3O2/c1-3-9(12)10(15)14-7-8-5-4-6-13-11(8)16-2/h4-6,9H,3,7,12H2,1-2H3,(H,14,15)/t9-/m0/s1. The molecule has 0 saturated carbocycles. The largest absolute Gasteiger partial charge is 0.481 e. The molecule has 0 bridgehead atoms. The molecular weight excluding hydrogens is 206 g/mol. The Kier molecular flexibility index (Phi) is 4.72. The van der Waals surface area contributed by atoms with Gasteiger partial charge in [0.25, 0.3) is 0 Å². The van der Waals surface area contributed by atoms with E-state index in [-0.39, 0.29) is 5.91 Å². The topological polar surface area (TPSA) is 77.2 Å². The van der Waals surface area contributed by atoms with Crippen LogP contribution in [-0.4, -0.2) is 24.0 Å². The second kappa shape index (κ2) is 6.07. The lowest BCUT2D eigenvalue weighted by molar-refractivity contribution is -0.122. The molecule has 1 aromatic rings. The van der Waals surface area contributed by atoms with Gasteiger partial charge in [0.1, 0.15) is 0 Å². The summed E-state index contributed by atoms with van der Waals surface area (Å²) in [6, 6.07) is 3.19. The van der Waals surface area contributed by atoms with Gasteiger partial charge in [-0.25, -0.2) is 4.98 Å². The van der Waals surface area contributed by atoms with Crippen molar-refractivity contribution in [3.63, 3.8) is 0 Å². The molecule has 0 unspecified atom stereocenters. The number of carbonyl (C=O) groups excluding carboxylic acids is 1. The summed E-state index contributed by atoms with van der Waals surface area (Å²) >= 11 is 0. The van der Waals surface area contributed by atoms with Crippen LogP contribution in [-0.2, 0) is 11.3 Å². The zero-order valence-electron chi connectivity index (χ0n) is 9.56. The highest BCUT2D eigenvalue weighted by Crippen LogP contribution is 2.12. The summed E-state index contributed by atoms with van der Waals surface area (Å²) < 4.78 is 5.07. The minimum Gasteiger partial charge on any atom is -0.481 e. The first-order valence-corrected chi connectivity index (χ1v) is 5.20. The van der Waals surface area contributed by atoms with Crippen molar-refractivity contribution in [2.75, 3.05) is 7.11 Å². The summed E-state index contributed by atoms with van der Waals surface area (Å²) in [7, 11) is 1.55. The minimum atomic E-state index is -0.456. The molecular formula is C11H17N3O2. The van der Waals surface area contributed by atoms with E-state index in [1.165, 1.54) is 0 Å². The molecule has 0 aliphatic carbocycles. The van der Waals surface area contributed by atoms with Crippen LogP contribution < -0.4 is 15.8 Å². The fraction of sp³-hybridized carbons (Fsp3) is 0.455. The van der Waals surface area contributed by atoms with Crippen LogP contribution >= 0.6 is 0 Å². The number of nitrogens with one attached hydrogen (secondary N) is 1. The van der Waals surface area contributed by atoms with E-state index < -0.39 is 6.04 Å². The van der Waals surface area contributed by atoms with Crippen LogP contribution in [0.1, 0.15) is 18.9 Å². The summed E-state index contributed by atoms with van der Waals surface area (Å²) in [5, 5.41) is 2.74. The monoisotopic (exact) mass is 223 g/mol. The van der Waals surface area contributed by atoms with Gasteiger partial charge in [-0.05, 0) is 12.5 Å². The Hall–Kier alpha value is -1.62. The Morgan fingerprint density at radius 1 is 1.69 bits per heavy atom. The highest BCUT2D eigenvalue weighted by atomic mass is 16.5. The molecule has 0 radical (unpaired) electrons. The van der Waals surface area contributed by atoms with Gasteiger partial charge in [0.05, 0.1) is 13.2 Å². The van der Waals surface area contributed by atoms with Crippen molar-refractivity contribution in [1.82, 2.24) is 10.3 Å². The number of methoxy groups -OCH3 is 1. The summed E-state index contributed by atoms with van der Waals surface area (Å²) in [6.07, 6.45) is 2.26. The third kappa shape index (κ3) is 3.20. The van der Waals surface area contributed by atoms with E-state index in [1.807, 2.05) is 13.0 Å². The van der Waals surface area contributed by atoms with Crippen LogP contribution in [0.25, 0.3) is 0 Å². The quantitative estimate of drug-likeness (QED) is 0.759. The van der Waals surface area contributed by atoms with Crippen LogP contribution in [0.5, 0.6) is 5.88 Å². The van der Waals surface area contributed by atoms with Gasteiger partial charge in [-0.15, -0.1) is 0 Å². The van der Waals surface area contributed by atoms with Crippen LogP contribution in [0.15, 0.2) is 18.3 Å². The number of rotatable bonds is 5. The molecule has 1 amide bonds. The Morgan fingerprint density at radius 2 is 2.44 bits per heavy atom. The molecule has 0 saturated heterocycles. The molecule has 5 nitrogen and oxygen atoms in total. The van der Waals surface area contributed by atoms with Crippen molar-refractivity contribution in [2.45, 2.75) is 25.9 Å². The minimum absolute atomic E-state index is 0.159. The molecule has 1 atom stereocenters.